The second-order valence-electron chi connectivity index (χ2n) is 4.59. The lowest BCUT2D eigenvalue weighted by atomic mass is 10.3. The summed E-state index contributed by atoms with van der Waals surface area (Å²) < 4.78 is 0. The van der Waals surface area contributed by atoms with Crippen LogP contribution in [-0.4, -0.2) is 67.5 Å². The fraction of sp³-hybridized carbons (Fsp3) is 0.769. The topological polar surface area (TPSA) is 85.8 Å². The van der Waals surface area contributed by atoms with E-state index in [2.05, 4.69) is 27.2 Å². The largest absolute Gasteiger partial charge is 0.357 e. The summed E-state index contributed by atoms with van der Waals surface area (Å²) in [5.74, 6) is 1.71. The van der Waals surface area contributed by atoms with Gasteiger partial charge in [-0.05, 0) is 31.8 Å². The number of carbonyl (C=O) groups is 2. The van der Waals surface area contributed by atoms with E-state index in [9.17, 15) is 9.59 Å². The van der Waals surface area contributed by atoms with Crippen molar-refractivity contribution in [1.82, 2.24) is 20.9 Å². The van der Waals surface area contributed by atoms with Gasteiger partial charge in [-0.15, -0.1) is 24.0 Å². The van der Waals surface area contributed by atoms with E-state index in [0.717, 1.165) is 37.6 Å². The van der Waals surface area contributed by atoms with Crippen LogP contribution in [0.1, 0.15) is 19.8 Å². The molecular weight excluding hydrogens is 417 g/mol. The highest BCUT2D eigenvalue weighted by molar-refractivity contribution is 14.0. The molecule has 7 nitrogen and oxygen atoms in total. The minimum absolute atomic E-state index is 0. The summed E-state index contributed by atoms with van der Waals surface area (Å²) in [6.45, 7) is 4.50. The highest BCUT2D eigenvalue weighted by Gasteiger charge is 2.27. The van der Waals surface area contributed by atoms with E-state index in [4.69, 9.17) is 0 Å². The summed E-state index contributed by atoms with van der Waals surface area (Å²) in [4.78, 5) is 28.5. The number of aliphatic imine (C=N–C) groups is 1. The molecule has 128 valence electrons. The van der Waals surface area contributed by atoms with Crippen molar-refractivity contribution in [1.29, 1.82) is 0 Å². The molecule has 1 aliphatic rings. The molecule has 1 heterocycles. The number of nitrogens with one attached hydrogen (secondary N) is 3. The molecule has 0 unspecified atom stereocenters. The number of imide groups is 1. The van der Waals surface area contributed by atoms with E-state index in [0.29, 0.717) is 13.1 Å². The first-order chi connectivity index (χ1) is 10.2. The van der Waals surface area contributed by atoms with Crippen LogP contribution in [0.5, 0.6) is 0 Å². The van der Waals surface area contributed by atoms with Crippen LogP contribution in [0.2, 0.25) is 0 Å². The van der Waals surface area contributed by atoms with Crippen LogP contribution in [-0.2, 0) is 4.79 Å². The maximum Gasteiger partial charge on any atom is 0.324 e. The third kappa shape index (κ3) is 8.06. The zero-order valence-electron chi connectivity index (χ0n) is 13.2. The van der Waals surface area contributed by atoms with Crippen LogP contribution in [0, 0.1) is 0 Å². The maximum absolute atomic E-state index is 11.4. The Morgan fingerprint density at radius 2 is 2.14 bits per heavy atom. The number of rotatable bonds is 9. The lowest BCUT2D eigenvalue weighted by Crippen LogP contribution is -2.43. The van der Waals surface area contributed by atoms with E-state index < -0.39 is 0 Å². The zero-order valence-corrected chi connectivity index (χ0v) is 16.3. The molecule has 1 fully saturated rings. The van der Waals surface area contributed by atoms with Crippen LogP contribution in [0.25, 0.3) is 0 Å². The number of urea groups is 1. The van der Waals surface area contributed by atoms with Gasteiger partial charge in [0.05, 0.1) is 6.54 Å². The number of hydrogen-bond donors (Lipinski definition) is 3. The van der Waals surface area contributed by atoms with Gasteiger partial charge >= 0.3 is 6.03 Å². The number of nitrogens with zero attached hydrogens (tertiary/aromatic N) is 2. The molecule has 3 N–H and O–H groups in total. The van der Waals surface area contributed by atoms with Crippen molar-refractivity contribution in [2.75, 3.05) is 44.7 Å². The Morgan fingerprint density at radius 3 is 2.73 bits per heavy atom. The molecule has 0 spiro atoms. The molecule has 1 aliphatic heterocycles. The van der Waals surface area contributed by atoms with Crippen LogP contribution < -0.4 is 16.0 Å². The van der Waals surface area contributed by atoms with Gasteiger partial charge in [-0.25, -0.2) is 4.79 Å². The van der Waals surface area contributed by atoms with Crippen molar-refractivity contribution in [2.24, 2.45) is 4.99 Å². The minimum atomic E-state index is -0.319. The van der Waals surface area contributed by atoms with E-state index in [-0.39, 0.29) is 42.5 Å². The van der Waals surface area contributed by atoms with Gasteiger partial charge in [-0.3, -0.25) is 14.7 Å². The average Bonchev–Trinajstić information content (AvgIpc) is 2.78. The molecule has 0 aromatic heterocycles. The van der Waals surface area contributed by atoms with Gasteiger partial charge in [0, 0.05) is 26.2 Å². The Balaban J connectivity index is 0.00000441. The van der Waals surface area contributed by atoms with Crippen molar-refractivity contribution in [3.05, 3.63) is 0 Å². The van der Waals surface area contributed by atoms with Gasteiger partial charge in [-0.2, -0.15) is 11.8 Å². The van der Waals surface area contributed by atoms with E-state index in [1.54, 1.807) is 0 Å². The standard InChI is InChI=1S/C13H25N5O2S.HI/c1-3-14-12(15-6-4-5-9-21-2)16-7-8-18-11(19)10-17-13(18)20;/h3-10H2,1-2H3,(H,17,20)(H2,14,15,16);1H. The van der Waals surface area contributed by atoms with Crippen molar-refractivity contribution in [3.63, 3.8) is 0 Å². The van der Waals surface area contributed by atoms with E-state index in [1.165, 1.54) is 4.90 Å². The zero-order chi connectivity index (χ0) is 15.5. The highest BCUT2D eigenvalue weighted by atomic mass is 127. The van der Waals surface area contributed by atoms with Crippen molar-refractivity contribution < 1.29 is 9.59 Å². The lowest BCUT2D eigenvalue weighted by molar-refractivity contribution is -0.124. The Hall–Kier alpha value is -0.710. The molecule has 0 atom stereocenters. The molecule has 3 amide bonds. The van der Waals surface area contributed by atoms with Gasteiger partial charge in [0.2, 0.25) is 5.91 Å². The second kappa shape index (κ2) is 12.8. The molecule has 0 bridgehead atoms. The molecule has 22 heavy (non-hydrogen) atoms. The van der Waals surface area contributed by atoms with Crippen LogP contribution >= 0.6 is 35.7 Å². The molecule has 1 rings (SSSR count). The third-order valence-corrected chi connectivity index (χ3v) is 3.63. The summed E-state index contributed by atoms with van der Waals surface area (Å²) in [5, 5.41) is 8.79. The molecule has 0 aromatic carbocycles. The molecule has 0 aromatic rings. The van der Waals surface area contributed by atoms with Gasteiger partial charge in [0.1, 0.15) is 0 Å². The van der Waals surface area contributed by atoms with E-state index in [1.807, 2.05) is 18.7 Å². The van der Waals surface area contributed by atoms with Crippen LogP contribution in [0.15, 0.2) is 4.99 Å². The van der Waals surface area contributed by atoms with Crippen molar-refractivity contribution in [3.8, 4) is 0 Å². The predicted octanol–water partition coefficient (Wildman–Crippen LogP) is 0.855. The molecule has 9 heteroatoms. The predicted molar refractivity (Wildman–Crippen MR) is 102 cm³/mol. The fourth-order valence-electron chi connectivity index (χ4n) is 1.86. The lowest BCUT2D eigenvalue weighted by Gasteiger charge is -2.15. The summed E-state index contributed by atoms with van der Waals surface area (Å²) >= 11 is 1.84. The third-order valence-electron chi connectivity index (χ3n) is 2.94. The van der Waals surface area contributed by atoms with Gasteiger partial charge < -0.3 is 16.0 Å². The number of unbranched alkanes of at least 4 members (excludes halogenated alkanes) is 1. The molecular formula is C13H26IN5O2S. The summed E-state index contributed by atoms with van der Waals surface area (Å²) in [7, 11) is 0. The first-order valence-electron chi connectivity index (χ1n) is 7.28. The van der Waals surface area contributed by atoms with Crippen LogP contribution in [0.3, 0.4) is 0 Å². The Bertz CT molecular complexity index is 365. The van der Waals surface area contributed by atoms with Crippen molar-refractivity contribution in [2.45, 2.75) is 19.8 Å². The SMILES string of the molecule is CCNC(=NCCCCSC)NCCN1C(=O)CNC1=O.I. The number of guanidine groups is 1. The highest BCUT2D eigenvalue weighted by Crippen LogP contribution is 1.99. The quantitative estimate of drug-likeness (QED) is 0.162. The maximum atomic E-state index is 11.4. The first-order valence-corrected chi connectivity index (χ1v) is 8.67. The normalized spacial score (nSPS) is 14.6. The first kappa shape index (κ1) is 21.3. The smallest absolute Gasteiger partial charge is 0.324 e. The minimum Gasteiger partial charge on any atom is -0.357 e. The number of amides is 3. The Labute approximate surface area is 153 Å². The van der Waals surface area contributed by atoms with Gasteiger partial charge in [0.25, 0.3) is 0 Å². The monoisotopic (exact) mass is 443 g/mol. The second-order valence-corrected chi connectivity index (χ2v) is 5.58. The van der Waals surface area contributed by atoms with Gasteiger partial charge in [-0.1, -0.05) is 0 Å². The molecule has 1 saturated heterocycles. The number of carbonyl (C=O) groups excluding carboxylic acids is 2. The summed E-state index contributed by atoms with van der Waals surface area (Å²) in [6.07, 6.45) is 4.32. The molecule has 0 aliphatic carbocycles. The van der Waals surface area contributed by atoms with Crippen LogP contribution in [0.4, 0.5) is 4.79 Å². The Kier molecular flexibility index (Phi) is 12.4. The molecule has 0 radical (unpaired) electrons. The average molecular weight is 443 g/mol. The van der Waals surface area contributed by atoms with Crippen molar-refractivity contribution >= 4 is 53.6 Å². The number of halogens is 1. The number of hydrogen-bond acceptors (Lipinski definition) is 4. The molecule has 0 saturated carbocycles. The summed E-state index contributed by atoms with van der Waals surface area (Å²) in [6, 6.07) is -0.319. The van der Waals surface area contributed by atoms with E-state index >= 15 is 0 Å². The van der Waals surface area contributed by atoms with Gasteiger partial charge in [0.15, 0.2) is 5.96 Å². The Morgan fingerprint density at radius 1 is 1.36 bits per heavy atom. The summed E-state index contributed by atoms with van der Waals surface area (Å²) in [5.41, 5.74) is 0. The number of thioether (sulfide) groups is 1. The fourth-order valence-corrected chi connectivity index (χ4v) is 2.35.